The van der Waals surface area contributed by atoms with Crippen LogP contribution >= 0.6 is 11.3 Å². The zero-order chi connectivity index (χ0) is 13.5. The first kappa shape index (κ1) is 14.2. The Hall–Kier alpha value is -1.24. The lowest BCUT2D eigenvalue weighted by molar-refractivity contribution is 0.0375. The van der Waals surface area contributed by atoms with E-state index in [9.17, 15) is 0 Å². The number of nitrogens with two attached hydrogens (primary N) is 1. The second-order valence-corrected chi connectivity index (χ2v) is 5.08. The SMILES string of the molecule is CCCCOCCOCc1nc(N)c2ccsc2n1. The van der Waals surface area contributed by atoms with Crippen molar-refractivity contribution in [3.05, 3.63) is 17.3 Å². The first-order chi connectivity index (χ1) is 9.31. The quantitative estimate of drug-likeness (QED) is 0.753. The van der Waals surface area contributed by atoms with Gasteiger partial charge in [0.1, 0.15) is 17.3 Å². The van der Waals surface area contributed by atoms with E-state index in [1.54, 1.807) is 11.3 Å². The van der Waals surface area contributed by atoms with Gasteiger partial charge in [0.05, 0.1) is 18.6 Å². The number of fused-ring (bicyclic) bond motifs is 1. The van der Waals surface area contributed by atoms with Crippen LogP contribution in [0.2, 0.25) is 0 Å². The Morgan fingerprint density at radius 3 is 2.89 bits per heavy atom. The van der Waals surface area contributed by atoms with Gasteiger partial charge in [-0.15, -0.1) is 11.3 Å². The van der Waals surface area contributed by atoms with E-state index in [-0.39, 0.29) is 0 Å². The fourth-order valence-corrected chi connectivity index (χ4v) is 2.41. The van der Waals surface area contributed by atoms with Crippen LogP contribution in [-0.4, -0.2) is 29.8 Å². The first-order valence-corrected chi connectivity index (χ1v) is 7.34. The highest BCUT2D eigenvalue weighted by molar-refractivity contribution is 7.16. The number of thiophene rings is 1. The van der Waals surface area contributed by atoms with Crippen LogP contribution in [0.25, 0.3) is 10.2 Å². The van der Waals surface area contributed by atoms with Gasteiger partial charge in [0.25, 0.3) is 0 Å². The van der Waals surface area contributed by atoms with E-state index in [1.165, 1.54) is 0 Å². The van der Waals surface area contributed by atoms with E-state index in [2.05, 4.69) is 16.9 Å². The molecule has 0 bridgehead atoms. The minimum absolute atomic E-state index is 0.370. The summed E-state index contributed by atoms with van der Waals surface area (Å²) in [4.78, 5) is 9.54. The zero-order valence-electron chi connectivity index (χ0n) is 11.1. The van der Waals surface area contributed by atoms with Crippen molar-refractivity contribution in [3.63, 3.8) is 0 Å². The standard InChI is InChI=1S/C13H19N3O2S/c1-2-3-5-17-6-7-18-9-11-15-12(14)10-4-8-19-13(10)16-11/h4,8H,2-3,5-7,9H2,1H3,(H2,14,15,16). The summed E-state index contributed by atoms with van der Waals surface area (Å²) in [6, 6.07) is 1.93. The fraction of sp³-hybridized carbons (Fsp3) is 0.538. The van der Waals surface area contributed by atoms with Crippen molar-refractivity contribution in [2.24, 2.45) is 0 Å². The lowest BCUT2D eigenvalue weighted by atomic mass is 10.4. The van der Waals surface area contributed by atoms with Crippen molar-refractivity contribution in [3.8, 4) is 0 Å². The van der Waals surface area contributed by atoms with E-state index in [0.717, 1.165) is 29.7 Å². The van der Waals surface area contributed by atoms with Gasteiger partial charge in [-0.25, -0.2) is 9.97 Å². The number of anilines is 1. The number of hydrogen-bond acceptors (Lipinski definition) is 6. The van der Waals surface area contributed by atoms with E-state index >= 15 is 0 Å². The summed E-state index contributed by atoms with van der Waals surface area (Å²) in [5.41, 5.74) is 5.86. The van der Waals surface area contributed by atoms with E-state index in [1.807, 2.05) is 11.4 Å². The fourth-order valence-electron chi connectivity index (χ4n) is 1.62. The highest BCUT2D eigenvalue weighted by Crippen LogP contribution is 2.22. The van der Waals surface area contributed by atoms with Crippen LogP contribution in [0.4, 0.5) is 5.82 Å². The molecule has 104 valence electrons. The molecule has 0 amide bonds. The Morgan fingerprint density at radius 2 is 2.05 bits per heavy atom. The molecule has 0 saturated heterocycles. The Labute approximate surface area is 116 Å². The molecule has 0 atom stereocenters. The summed E-state index contributed by atoms with van der Waals surface area (Å²) >= 11 is 1.56. The molecule has 0 aliphatic carbocycles. The Morgan fingerprint density at radius 1 is 1.21 bits per heavy atom. The topological polar surface area (TPSA) is 70.3 Å². The molecule has 2 aromatic rings. The first-order valence-electron chi connectivity index (χ1n) is 6.46. The lowest BCUT2D eigenvalue weighted by Crippen LogP contribution is -2.07. The molecule has 2 rings (SSSR count). The molecule has 0 aliphatic heterocycles. The maximum Gasteiger partial charge on any atom is 0.158 e. The number of ether oxygens (including phenoxy) is 2. The smallest absolute Gasteiger partial charge is 0.158 e. The van der Waals surface area contributed by atoms with Gasteiger partial charge in [0.15, 0.2) is 5.82 Å². The number of hydrogen-bond donors (Lipinski definition) is 1. The van der Waals surface area contributed by atoms with Crippen molar-refractivity contribution in [2.45, 2.75) is 26.4 Å². The molecule has 0 unspecified atom stereocenters. The number of aromatic nitrogens is 2. The molecule has 0 spiro atoms. The van der Waals surface area contributed by atoms with Gasteiger partial charge in [0.2, 0.25) is 0 Å². The third kappa shape index (κ3) is 4.12. The average molecular weight is 281 g/mol. The predicted molar refractivity (Wildman–Crippen MR) is 77.2 cm³/mol. The molecule has 2 N–H and O–H groups in total. The second kappa shape index (κ2) is 7.37. The summed E-state index contributed by atoms with van der Waals surface area (Å²) < 4.78 is 10.9. The molecule has 0 radical (unpaired) electrons. The molecular weight excluding hydrogens is 262 g/mol. The van der Waals surface area contributed by atoms with Crippen molar-refractivity contribution in [2.75, 3.05) is 25.6 Å². The largest absolute Gasteiger partial charge is 0.383 e. The summed E-state index contributed by atoms with van der Waals surface area (Å²) in [5, 5.41) is 2.87. The van der Waals surface area contributed by atoms with E-state index < -0.39 is 0 Å². The highest BCUT2D eigenvalue weighted by atomic mass is 32.1. The minimum Gasteiger partial charge on any atom is -0.383 e. The highest BCUT2D eigenvalue weighted by Gasteiger charge is 2.06. The molecule has 0 fully saturated rings. The van der Waals surface area contributed by atoms with E-state index in [4.69, 9.17) is 15.2 Å². The normalized spacial score (nSPS) is 11.2. The monoisotopic (exact) mass is 281 g/mol. The molecular formula is C13H19N3O2S. The molecule has 2 aromatic heterocycles. The van der Waals surface area contributed by atoms with Crippen LogP contribution in [0.1, 0.15) is 25.6 Å². The maximum absolute atomic E-state index is 5.86. The van der Waals surface area contributed by atoms with Crippen LogP contribution in [0.3, 0.4) is 0 Å². The Balaban J connectivity index is 1.75. The van der Waals surface area contributed by atoms with Crippen molar-refractivity contribution >= 4 is 27.4 Å². The molecule has 0 aliphatic rings. The average Bonchev–Trinajstić information content (AvgIpc) is 2.86. The molecule has 19 heavy (non-hydrogen) atoms. The Bertz CT molecular complexity index is 516. The summed E-state index contributed by atoms with van der Waals surface area (Å²) in [7, 11) is 0. The van der Waals surface area contributed by atoms with Gasteiger partial charge in [-0.05, 0) is 17.9 Å². The van der Waals surface area contributed by atoms with Crippen LogP contribution in [0.15, 0.2) is 11.4 Å². The summed E-state index contributed by atoms with van der Waals surface area (Å²) in [6.07, 6.45) is 2.24. The van der Waals surface area contributed by atoms with Crippen LogP contribution in [-0.2, 0) is 16.1 Å². The third-order valence-corrected chi connectivity index (χ3v) is 3.45. The number of nitrogens with zero attached hydrogens (tertiary/aromatic N) is 2. The molecule has 6 heteroatoms. The van der Waals surface area contributed by atoms with E-state index in [0.29, 0.717) is 31.5 Å². The van der Waals surface area contributed by atoms with Crippen LogP contribution < -0.4 is 5.73 Å². The van der Waals surface area contributed by atoms with Crippen molar-refractivity contribution < 1.29 is 9.47 Å². The molecule has 0 saturated carbocycles. The molecule has 0 aromatic carbocycles. The zero-order valence-corrected chi connectivity index (χ0v) is 11.9. The third-order valence-electron chi connectivity index (χ3n) is 2.65. The van der Waals surface area contributed by atoms with Gasteiger partial charge in [0, 0.05) is 6.61 Å². The van der Waals surface area contributed by atoms with Gasteiger partial charge >= 0.3 is 0 Å². The lowest BCUT2D eigenvalue weighted by Gasteiger charge is -2.05. The molecule has 5 nitrogen and oxygen atoms in total. The van der Waals surface area contributed by atoms with Gasteiger partial charge in [-0.2, -0.15) is 0 Å². The molecule has 2 heterocycles. The number of rotatable bonds is 8. The second-order valence-electron chi connectivity index (χ2n) is 4.18. The van der Waals surface area contributed by atoms with Crippen molar-refractivity contribution in [1.29, 1.82) is 0 Å². The maximum atomic E-state index is 5.86. The van der Waals surface area contributed by atoms with Crippen molar-refractivity contribution in [1.82, 2.24) is 9.97 Å². The summed E-state index contributed by atoms with van der Waals surface area (Å²) in [5.74, 6) is 1.14. The van der Waals surface area contributed by atoms with Gasteiger partial charge in [-0.3, -0.25) is 0 Å². The van der Waals surface area contributed by atoms with Crippen LogP contribution in [0, 0.1) is 0 Å². The summed E-state index contributed by atoms with van der Waals surface area (Å²) in [6.45, 7) is 4.47. The predicted octanol–water partition coefficient (Wildman–Crippen LogP) is 2.61. The number of nitrogen functional groups attached to an aromatic ring is 1. The minimum atomic E-state index is 0.370. The Kier molecular flexibility index (Phi) is 5.50. The van der Waals surface area contributed by atoms with Gasteiger partial charge < -0.3 is 15.2 Å². The number of unbranched alkanes of at least 4 members (excludes halogenated alkanes) is 1. The van der Waals surface area contributed by atoms with Crippen LogP contribution in [0.5, 0.6) is 0 Å². The van der Waals surface area contributed by atoms with Gasteiger partial charge in [-0.1, -0.05) is 13.3 Å².